The summed E-state index contributed by atoms with van der Waals surface area (Å²) in [4.78, 5) is 0. The first kappa shape index (κ1) is 18.0. The molecule has 2 atom stereocenters. The maximum Gasteiger partial charge on any atom is 0.157 e. The van der Waals surface area contributed by atoms with Crippen LogP contribution in [0.25, 0.3) is 0 Å². The Kier molecular flexibility index (Phi) is 7.39. The Bertz CT molecular complexity index is 426. The van der Waals surface area contributed by atoms with Gasteiger partial charge >= 0.3 is 0 Å². The van der Waals surface area contributed by atoms with Crippen molar-refractivity contribution in [1.29, 1.82) is 0 Å². The SMILES string of the molecule is Cc1ccc([C@@](C)(CCCCBr)CO[C@@H]2CCCCO2)cc1. The molecule has 0 bridgehead atoms. The van der Waals surface area contributed by atoms with Gasteiger partial charge in [-0.2, -0.15) is 0 Å². The minimum atomic E-state index is -0.00491. The molecule has 124 valence electrons. The number of benzene rings is 1. The van der Waals surface area contributed by atoms with E-state index in [4.69, 9.17) is 9.47 Å². The normalized spacial score (nSPS) is 21.5. The van der Waals surface area contributed by atoms with Crippen LogP contribution in [0.15, 0.2) is 24.3 Å². The summed E-state index contributed by atoms with van der Waals surface area (Å²) >= 11 is 3.53. The highest BCUT2D eigenvalue weighted by atomic mass is 79.9. The molecule has 2 nitrogen and oxygen atoms in total. The molecule has 0 aliphatic carbocycles. The maximum atomic E-state index is 6.13. The first-order valence-electron chi connectivity index (χ1n) is 8.50. The van der Waals surface area contributed by atoms with E-state index in [2.05, 4.69) is 54.0 Å². The van der Waals surface area contributed by atoms with E-state index >= 15 is 0 Å². The van der Waals surface area contributed by atoms with E-state index in [1.54, 1.807) is 0 Å². The number of aryl methyl sites for hydroxylation is 1. The summed E-state index contributed by atoms with van der Waals surface area (Å²) in [7, 11) is 0. The average molecular weight is 369 g/mol. The largest absolute Gasteiger partial charge is 0.353 e. The zero-order valence-corrected chi connectivity index (χ0v) is 15.5. The lowest BCUT2D eigenvalue weighted by Gasteiger charge is -2.33. The summed E-state index contributed by atoms with van der Waals surface area (Å²) in [5, 5.41) is 1.07. The van der Waals surface area contributed by atoms with Crippen LogP contribution in [0.1, 0.15) is 56.6 Å². The van der Waals surface area contributed by atoms with Gasteiger partial charge in [-0.25, -0.2) is 0 Å². The van der Waals surface area contributed by atoms with Gasteiger partial charge in [-0.05, 0) is 44.6 Å². The highest BCUT2D eigenvalue weighted by Gasteiger charge is 2.28. The molecule has 3 heteroatoms. The second-order valence-corrected chi connectivity index (χ2v) is 7.47. The van der Waals surface area contributed by atoms with Crippen molar-refractivity contribution in [2.75, 3.05) is 18.5 Å². The standard InChI is InChI=1S/C19H29BrO2/c1-16-8-10-17(11-9-16)19(2,12-4-5-13-20)15-22-18-7-3-6-14-21-18/h8-11,18H,3-7,12-15H2,1-2H3/t18-,19+/m1/s1. The summed E-state index contributed by atoms with van der Waals surface area (Å²) < 4.78 is 11.9. The Hall–Kier alpha value is -0.380. The number of halogens is 1. The molecule has 1 fully saturated rings. The molecule has 1 aliphatic heterocycles. The van der Waals surface area contributed by atoms with Crippen LogP contribution in [-0.4, -0.2) is 24.8 Å². The van der Waals surface area contributed by atoms with Crippen LogP contribution in [0.2, 0.25) is 0 Å². The van der Waals surface area contributed by atoms with Gasteiger partial charge in [0, 0.05) is 17.4 Å². The van der Waals surface area contributed by atoms with Crippen LogP contribution in [-0.2, 0) is 14.9 Å². The van der Waals surface area contributed by atoms with Gasteiger partial charge in [0.25, 0.3) is 0 Å². The predicted octanol–water partition coefficient (Wildman–Crippen LogP) is 5.36. The van der Waals surface area contributed by atoms with Gasteiger partial charge in [-0.3, -0.25) is 0 Å². The minimum Gasteiger partial charge on any atom is -0.353 e. The van der Waals surface area contributed by atoms with E-state index in [0.717, 1.165) is 31.4 Å². The summed E-state index contributed by atoms with van der Waals surface area (Å²) in [5.74, 6) is 0. The number of ether oxygens (including phenoxy) is 2. The van der Waals surface area contributed by atoms with E-state index in [1.807, 2.05) is 0 Å². The molecule has 22 heavy (non-hydrogen) atoms. The molecule has 1 aromatic rings. The summed E-state index contributed by atoms with van der Waals surface area (Å²) in [6, 6.07) is 8.92. The topological polar surface area (TPSA) is 18.5 Å². The molecule has 0 radical (unpaired) electrons. The van der Waals surface area contributed by atoms with Gasteiger partial charge in [0.1, 0.15) is 0 Å². The zero-order valence-electron chi connectivity index (χ0n) is 13.9. The molecule has 1 aliphatic rings. The van der Waals surface area contributed by atoms with Gasteiger partial charge in [-0.15, -0.1) is 0 Å². The minimum absolute atomic E-state index is 0.00491. The molecule has 1 saturated heterocycles. The van der Waals surface area contributed by atoms with E-state index in [0.29, 0.717) is 0 Å². The monoisotopic (exact) mass is 368 g/mol. The highest BCUT2D eigenvalue weighted by molar-refractivity contribution is 9.09. The van der Waals surface area contributed by atoms with Crippen molar-refractivity contribution in [3.63, 3.8) is 0 Å². The van der Waals surface area contributed by atoms with Crippen molar-refractivity contribution < 1.29 is 9.47 Å². The molecular formula is C19H29BrO2. The molecule has 0 aromatic heterocycles. The van der Waals surface area contributed by atoms with Crippen molar-refractivity contribution in [2.45, 2.75) is 64.1 Å². The molecule has 1 aromatic carbocycles. The van der Waals surface area contributed by atoms with Crippen molar-refractivity contribution in [1.82, 2.24) is 0 Å². The Morgan fingerprint density at radius 1 is 1.23 bits per heavy atom. The van der Waals surface area contributed by atoms with E-state index in [-0.39, 0.29) is 11.7 Å². The van der Waals surface area contributed by atoms with Gasteiger partial charge in [0.2, 0.25) is 0 Å². The van der Waals surface area contributed by atoms with Gasteiger partial charge in [-0.1, -0.05) is 59.1 Å². The van der Waals surface area contributed by atoms with Crippen LogP contribution < -0.4 is 0 Å². The molecule has 0 saturated carbocycles. The number of hydrogen-bond acceptors (Lipinski definition) is 2. The van der Waals surface area contributed by atoms with Crippen molar-refractivity contribution in [3.05, 3.63) is 35.4 Å². The zero-order chi connectivity index (χ0) is 15.8. The van der Waals surface area contributed by atoms with Crippen molar-refractivity contribution in [2.24, 2.45) is 0 Å². The van der Waals surface area contributed by atoms with Crippen LogP contribution >= 0.6 is 15.9 Å². The first-order valence-corrected chi connectivity index (χ1v) is 9.62. The fourth-order valence-electron chi connectivity index (χ4n) is 2.98. The van der Waals surface area contributed by atoms with Crippen molar-refractivity contribution >= 4 is 15.9 Å². The predicted molar refractivity (Wildman–Crippen MR) is 95.7 cm³/mol. The quantitative estimate of drug-likeness (QED) is 0.454. The second kappa shape index (κ2) is 9.05. The molecule has 1 heterocycles. The lowest BCUT2D eigenvalue weighted by atomic mass is 9.78. The molecule has 0 N–H and O–H groups in total. The van der Waals surface area contributed by atoms with E-state index < -0.39 is 0 Å². The number of rotatable bonds is 8. The van der Waals surface area contributed by atoms with Crippen molar-refractivity contribution in [3.8, 4) is 0 Å². The molecular weight excluding hydrogens is 340 g/mol. The third-order valence-corrected chi connectivity index (χ3v) is 5.15. The van der Waals surface area contributed by atoms with Gasteiger partial charge in [0.05, 0.1) is 6.61 Å². The Morgan fingerprint density at radius 3 is 2.64 bits per heavy atom. The van der Waals surface area contributed by atoms with Crippen LogP contribution in [0.5, 0.6) is 0 Å². The third-order valence-electron chi connectivity index (χ3n) is 4.59. The number of alkyl halides is 1. The Morgan fingerprint density at radius 2 is 2.00 bits per heavy atom. The number of unbranched alkanes of at least 4 members (excludes halogenated alkanes) is 1. The second-order valence-electron chi connectivity index (χ2n) is 6.68. The van der Waals surface area contributed by atoms with Crippen LogP contribution in [0.3, 0.4) is 0 Å². The first-order chi connectivity index (χ1) is 10.6. The third kappa shape index (κ3) is 5.36. The lowest BCUT2D eigenvalue weighted by molar-refractivity contribution is -0.171. The Labute approximate surface area is 143 Å². The van der Waals surface area contributed by atoms with Gasteiger partial charge in [0.15, 0.2) is 6.29 Å². The Balaban J connectivity index is 2.01. The molecule has 2 rings (SSSR count). The fraction of sp³-hybridized carbons (Fsp3) is 0.684. The smallest absolute Gasteiger partial charge is 0.157 e. The highest BCUT2D eigenvalue weighted by Crippen LogP contribution is 2.31. The summed E-state index contributed by atoms with van der Waals surface area (Å²) in [6.07, 6.45) is 6.98. The summed E-state index contributed by atoms with van der Waals surface area (Å²) in [6.45, 7) is 6.05. The fourth-order valence-corrected chi connectivity index (χ4v) is 3.38. The average Bonchev–Trinajstić information content (AvgIpc) is 2.55. The molecule has 0 unspecified atom stereocenters. The van der Waals surface area contributed by atoms with Gasteiger partial charge < -0.3 is 9.47 Å². The van der Waals surface area contributed by atoms with E-state index in [9.17, 15) is 0 Å². The maximum absolute atomic E-state index is 6.13. The molecule has 0 spiro atoms. The van der Waals surface area contributed by atoms with Crippen LogP contribution in [0, 0.1) is 6.92 Å². The number of hydrogen-bond donors (Lipinski definition) is 0. The van der Waals surface area contributed by atoms with E-state index in [1.165, 1.54) is 36.8 Å². The lowest BCUT2D eigenvalue weighted by Crippen LogP contribution is -2.33. The summed E-state index contributed by atoms with van der Waals surface area (Å²) in [5.41, 5.74) is 2.75. The molecule has 0 amide bonds. The van der Waals surface area contributed by atoms with Crippen LogP contribution in [0.4, 0.5) is 0 Å².